The van der Waals surface area contributed by atoms with E-state index in [0.717, 1.165) is 12.8 Å². The molecule has 0 aliphatic heterocycles. The predicted octanol–water partition coefficient (Wildman–Crippen LogP) is 1.33. The molecule has 1 N–H and O–H groups in total. The van der Waals surface area contributed by atoms with Crippen LogP contribution in [0.3, 0.4) is 0 Å². The SMILES string of the molecule is CC=CC(=O)N(CCO)C1CCCC1. The number of hydrogen-bond donors (Lipinski definition) is 1. The summed E-state index contributed by atoms with van der Waals surface area (Å²) >= 11 is 0. The summed E-state index contributed by atoms with van der Waals surface area (Å²) < 4.78 is 0. The molecular weight excluding hydrogens is 178 g/mol. The van der Waals surface area contributed by atoms with Gasteiger partial charge in [0.15, 0.2) is 0 Å². The van der Waals surface area contributed by atoms with Crippen LogP contribution in [0.15, 0.2) is 12.2 Å². The third kappa shape index (κ3) is 2.84. The molecule has 0 radical (unpaired) electrons. The van der Waals surface area contributed by atoms with Crippen LogP contribution >= 0.6 is 0 Å². The van der Waals surface area contributed by atoms with E-state index >= 15 is 0 Å². The van der Waals surface area contributed by atoms with Gasteiger partial charge in [-0.2, -0.15) is 0 Å². The molecule has 1 amide bonds. The Labute approximate surface area is 85.4 Å². The molecule has 1 aliphatic carbocycles. The van der Waals surface area contributed by atoms with Crippen LogP contribution in [0.1, 0.15) is 32.6 Å². The van der Waals surface area contributed by atoms with Crippen LogP contribution in [0.2, 0.25) is 0 Å². The molecule has 1 rings (SSSR count). The first-order valence-electron chi connectivity index (χ1n) is 5.33. The van der Waals surface area contributed by atoms with Crippen LogP contribution < -0.4 is 0 Å². The number of aliphatic hydroxyl groups excluding tert-OH is 1. The summed E-state index contributed by atoms with van der Waals surface area (Å²) in [6.07, 6.45) is 7.91. The maximum Gasteiger partial charge on any atom is 0.246 e. The van der Waals surface area contributed by atoms with Crippen molar-refractivity contribution in [1.29, 1.82) is 0 Å². The number of amides is 1. The zero-order valence-electron chi connectivity index (χ0n) is 8.78. The summed E-state index contributed by atoms with van der Waals surface area (Å²) in [6, 6.07) is 0.353. The van der Waals surface area contributed by atoms with Crippen LogP contribution in [0, 0.1) is 0 Å². The number of nitrogens with zero attached hydrogens (tertiary/aromatic N) is 1. The van der Waals surface area contributed by atoms with Gasteiger partial charge in [-0.3, -0.25) is 4.79 Å². The van der Waals surface area contributed by atoms with Crippen LogP contribution in [-0.4, -0.2) is 35.1 Å². The van der Waals surface area contributed by atoms with E-state index in [4.69, 9.17) is 5.11 Å². The standard InChI is InChI=1S/C11H19NO2/c1-2-5-11(14)12(8-9-13)10-6-3-4-7-10/h2,5,10,13H,3-4,6-9H2,1H3. The molecule has 1 aliphatic rings. The molecule has 0 saturated heterocycles. The second-order valence-electron chi connectivity index (χ2n) is 3.69. The molecule has 0 heterocycles. The van der Waals surface area contributed by atoms with E-state index in [1.807, 2.05) is 6.92 Å². The van der Waals surface area contributed by atoms with Crippen molar-refractivity contribution >= 4 is 5.91 Å². The average Bonchev–Trinajstić information content (AvgIpc) is 2.67. The van der Waals surface area contributed by atoms with Crippen molar-refractivity contribution in [2.75, 3.05) is 13.2 Å². The summed E-state index contributed by atoms with van der Waals surface area (Å²) in [7, 11) is 0. The average molecular weight is 197 g/mol. The van der Waals surface area contributed by atoms with Gasteiger partial charge in [0, 0.05) is 12.6 Å². The topological polar surface area (TPSA) is 40.5 Å². The second-order valence-corrected chi connectivity index (χ2v) is 3.69. The Bertz CT molecular complexity index is 207. The number of allylic oxidation sites excluding steroid dienone is 1. The van der Waals surface area contributed by atoms with Crippen molar-refractivity contribution in [3.05, 3.63) is 12.2 Å². The van der Waals surface area contributed by atoms with Gasteiger partial charge in [-0.15, -0.1) is 0 Å². The maximum atomic E-state index is 11.6. The van der Waals surface area contributed by atoms with Gasteiger partial charge in [-0.05, 0) is 25.8 Å². The van der Waals surface area contributed by atoms with E-state index < -0.39 is 0 Å². The van der Waals surface area contributed by atoms with E-state index in [-0.39, 0.29) is 12.5 Å². The minimum absolute atomic E-state index is 0.0356. The van der Waals surface area contributed by atoms with Crippen molar-refractivity contribution in [2.45, 2.75) is 38.6 Å². The molecule has 1 fully saturated rings. The summed E-state index contributed by atoms with van der Waals surface area (Å²) in [6.45, 7) is 2.36. The number of carbonyl (C=O) groups is 1. The van der Waals surface area contributed by atoms with Gasteiger partial charge in [0.25, 0.3) is 0 Å². The molecule has 3 nitrogen and oxygen atoms in total. The number of aliphatic hydroxyl groups is 1. The highest BCUT2D eigenvalue weighted by Crippen LogP contribution is 2.23. The zero-order chi connectivity index (χ0) is 10.4. The Kier molecular flexibility index (Phi) is 4.66. The summed E-state index contributed by atoms with van der Waals surface area (Å²) in [5.41, 5.74) is 0. The van der Waals surface area contributed by atoms with E-state index in [9.17, 15) is 4.79 Å². The minimum Gasteiger partial charge on any atom is -0.395 e. The molecule has 0 atom stereocenters. The Morgan fingerprint density at radius 1 is 1.50 bits per heavy atom. The number of rotatable bonds is 4. The lowest BCUT2D eigenvalue weighted by molar-refractivity contribution is -0.128. The highest BCUT2D eigenvalue weighted by atomic mass is 16.3. The third-order valence-corrected chi connectivity index (χ3v) is 2.70. The fraction of sp³-hybridized carbons (Fsp3) is 0.727. The summed E-state index contributed by atoms with van der Waals surface area (Å²) in [5.74, 6) is 0.0356. The van der Waals surface area contributed by atoms with Crippen molar-refractivity contribution in [3.8, 4) is 0 Å². The Morgan fingerprint density at radius 3 is 2.64 bits per heavy atom. The number of carbonyl (C=O) groups excluding carboxylic acids is 1. The highest BCUT2D eigenvalue weighted by molar-refractivity contribution is 5.87. The van der Waals surface area contributed by atoms with Crippen molar-refractivity contribution in [3.63, 3.8) is 0 Å². The van der Waals surface area contributed by atoms with E-state index in [1.54, 1.807) is 17.1 Å². The lowest BCUT2D eigenvalue weighted by Gasteiger charge is -2.27. The van der Waals surface area contributed by atoms with Crippen molar-refractivity contribution in [1.82, 2.24) is 4.90 Å². The minimum atomic E-state index is 0.0356. The Balaban J connectivity index is 2.57. The lowest BCUT2D eigenvalue weighted by Crippen LogP contribution is -2.39. The van der Waals surface area contributed by atoms with Gasteiger partial charge in [0.2, 0.25) is 5.91 Å². The van der Waals surface area contributed by atoms with E-state index in [0.29, 0.717) is 12.6 Å². The molecule has 0 bridgehead atoms. The quantitative estimate of drug-likeness (QED) is 0.691. The monoisotopic (exact) mass is 197 g/mol. The van der Waals surface area contributed by atoms with Crippen LogP contribution in [-0.2, 0) is 4.79 Å². The third-order valence-electron chi connectivity index (χ3n) is 2.70. The van der Waals surface area contributed by atoms with Crippen molar-refractivity contribution < 1.29 is 9.90 Å². The second kappa shape index (κ2) is 5.81. The Morgan fingerprint density at radius 2 is 2.14 bits per heavy atom. The van der Waals surface area contributed by atoms with E-state index in [1.165, 1.54) is 12.8 Å². The van der Waals surface area contributed by atoms with Crippen LogP contribution in [0.25, 0.3) is 0 Å². The fourth-order valence-electron chi connectivity index (χ4n) is 2.03. The first-order chi connectivity index (χ1) is 6.79. The summed E-state index contributed by atoms with van der Waals surface area (Å²) in [5, 5.41) is 8.90. The van der Waals surface area contributed by atoms with Gasteiger partial charge in [-0.1, -0.05) is 18.9 Å². The maximum absolute atomic E-state index is 11.6. The fourth-order valence-corrected chi connectivity index (χ4v) is 2.03. The largest absolute Gasteiger partial charge is 0.395 e. The van der Waals surface area contributed by atoms with Crippen LogP contribution in [0.5, 0.6) is 0 Å². The molecule has 0 aromatic heterocycles. The predicted molar refractivity (Wildman–Crippen MR) is 55.9 cm³/mol. The zero-order valence-corrected chi connectivity index (χ0v) is 8.78. The molecule has 14 heavy (non-hydrogen) atoms. The van der Waals surface area contributed by atoms with Gasteiger partial charge in [0.1, 0.15) is 0 Å². The molecule has 80 valence electrons. The molecule has 1 saturated carbocycles. The molecular formula is C11H19NO2. The number of hydrogen-bond acceptors (Lipinski definition) is 2. The van der Waals surface area contributed by atoms with Crippen molar-refractivity contribution in [2.24, 2.45) is 0 Å². The molecule has 0 spiro atoms. The summed E-state index contributed by atoms with van der Waals surface area (Å²) in [4.78, 5) is 13.4. The highest BCUT2D eigenvalue weighted by Gasteiger charge is 2.24. The molecule has 0 aromatic carbocycles. The van der Waals surface area contributed by atoms with Gasteiger partial charge in [0.05, 0.1) is 6.61 Å². The lowest BCUT2D eigenvalue weighted by atomic mass is 10.2. The van der Waals surface area contributed by atoms with Crippen LogP contribution in [0.4, 0.5) is 0 Å². The first-order valence-corrected chi connectivity index (χ1v) is 5.33. The molecule has 0 aromatic rings. The Hall–Kier alpha value is -0.830. The normalized spacial score (nSPS) is 17.9. The first kappa shape index (κ1) is 11.2. The molecule has 0 unspecified atom stereocenters. The van der Waals surface area contributed by atoms with E-state index in [2.05, 4.69) is 0 Å². The van der Waals surface area contributed by atoms with Gasteiger partial charge < -0.3 is 10.0 Å². The molecule has 3 heteroatoms. The van der Waals surface area contributed by atoms with Gasteiger partial charge >= 0.3 is 0 Å². The van der Waals surface area contributed by atoms with Gasteiger partial charge in [-0.25, -0.2) is 0 Å². The smallest absolute Gasteiger partial charge is 0.246 e.